The number of nitrogens with zero attached hydrogens (tertiary/aromatic N) is 3. The number of aromatic nitrogens is 2. The number of hydrogen-bond acceptors (Lipinski definition) is 5. The standard InChI is InChI=1S/C16H20N4OS/c1-2-14-18-19-16(22-14)17-15(21)12-8-10-20(11-9-12)13-6-4-3-5-7-13/h3-7,12H,2,8-11H2,1H3,(H,17,19,21). The third-order valence-electron chi connectivity index (χ3n) is 3.99. The first kappa shape index (κ1) is 15.0. The molecule has 5 nitrogen and oxygen atoms in total. The number of nitrogens with one attached hydrogen (secondary N) is 1. The van der Waals surface area contributed by atoms with Crippen LogP contribution in [0.4, 0.5) is 10.8 Å². The lowest BCUT2D eigenvalue weighted by atomic mass is 9.95. The molecule has 1 N–H and O–H groups in total. The van der Waals surface area contributed by atoms with E-state index in [2.05, 4.69) is 44.7 Å². The summed E-state index contributed by atoms with van der Waals surface area (Å²) in [5.41, 5.74) is 1.23. The molecule has 0 unspecified atom stereocenters. The van der Waals surface area contributed by atoms with Crippen molar-refractivity contribution in [1.82, 2.24) is 10.2 Å². The van der Waals surface area contributed by atoms with E-state index in [4.69, 9.17) is 0 Å². The zero-order valence-electron chi connectivity index (χ0n) is 12.7. The number of carbonyl (C=O) groups is 1. The summed E-state index contributed by atoms with van der Waals surface area (Å²) in [5.74, 6) is 0.139. The van der Waals surface area contributed by atoms with E-state index >= 15 is 0 Å². The van der Waals surface area contributed by atoms with Gasteiger partial charge in [0, 0.05) is 24.7 Å². The molecule has 1 aliphatic heterocycles. The van der Waals surface area contributed by atoms with Crippen molar-refractivity contribution < 1.29 is 4.79 Å². The van der Waals surface area contributed by atoms with Crippen LogP contribution in [0.1, 0.15) is 24.8 Å². The van der Waals surface area contributed by atoms with Crippen molar-refractivity contribution in [2.75, 3.05) is 23.3 Å². The Kier molecular flexibility index (Phi) is 4.68. The van der Waals surface area contributed by atoms with Gasteiger partial charge in [0.15, 0.2) is 0 Å². The molecular weight excluding hydrogens is 296 g/mol. The van der Waals surface area contributed by atoms with Crippen molar-refractivity contribution in [2.45, 2.75) is 26.2 Å². The Balaban J connectivity index is 1.53. The fraction of sp³-hybridized carbons (Fsp3) is 0.438. The highest BCUT2D eigenvalue weighted by molar-refractivity contribution is 7.15. The van der Waals surface area contributed by atoms with E-state index in [0.29, 0.717) is 5.13 Å². The number of aryl methyl sites for hydroxylation is 1. The summed E-state index contributed by atoms with van der Waals surface area (Å²) in [7, 11) is 0. The Labute approximate surface area is 134 Å². The van der Waals surface area contributed by atoms with E-state index < -0.39 is 0 Å². The normalized spacial score (nSPS) is 15.8. The zero-order valence-corrected chi connectivity index (χ0v) is 13.5. The molecule has 6 heteroatoms. The summed E-state index contributed by atoms with van der Waals surface area (Å²) in [4.78, 5) is 14.7. The summed E-state index contributed by atoms with van der Waals surface area (Å²) >= 11 is 1.46. The maximum absolute atomic E-state index is 12.3. The molecular formula is C16H20N4OS. The quantitative estimate of drug-likeness (QED) is 0.942. The first-order valence-electron chi connectivity index (χ1n) is 7.69. The predicted molar refractivity (Wildman–Crippen MR) is 89.3 cm³/mol. The zero-order chi connectivity index (χ0) is 15.4. The minimum absolute atomic E-state index is 0.0638. The van der Waals surface area contributed by atoms with Crippen molar-refractivity contribution in [3.05, 3.63) is 35.3 Å². The topological polar surface area (TPSA) is 58.1 Å². The van der Waals surface area contributed by atoms with Gasteiger partial charge >= 0.3 is 0 Å². The molecule has 116 valence electrons. The van der Waals surface area contributed by atoms with Gasteiger partial charge in [-0.2, -0.15) is 0 Å². The fourth-order valence-electron chi connectivity index (χ4n) is 2.69. The molecule has 3 rings (SSSR count). The highest BCUT2D eigenvalue weighted by Gasteiger charge is 2.25. The van der Waals surface area contributed by atoms with Gasteiger partial charge in [0.05, 0.1) is 0 Å². The van der Waals surface area contributed by atoms with Crippen molar-refractivity contribution in [2.24, 2.45) is 5.92 Å². The number of carbonyl (C=O) groups excluding carboxylic acids is 1. The second-order valence-electron chi connectivity index (χ2n) is 5.44. The lowest BCUT2D eigenvalue weighted by molar-refractivity contribution is -0.120. The third-order valence-corrected chi connectivity index (χ3v) is 4.97. The molecule has 22 heavy (non-hydrogen) atoms. The van der Waals surface area contributed by atoms with Gasteiger partial charge in [0.2, 0.25) is 11.0 Å². The summed E-state index contributed by atoms with van der Waals surface area (Å²) in [6.45, 7) is 3.86. The van der Waals surface area contributed by atoms with Gasteiger partial charge in [-0.25, -0.2) is 0 Å². The van der Waals surface area contributed by atoms with Crippen molar-refractivity contribution in [1.29, 1.82) is 0 Å². The predicted octanol–water partition coefficient (Wildman–Crippen LogP) is 2.96. The molecule has 0 bridgehead atoms. The largest absolute Gasteiger partial charge is 0.371 e. The van der Waals surface area contributed by atoms with Gasteiger partial charge in [-0.1, -0.05) is 36.5 Å². The SMILES string of the molecule is CCc1nnc(NC(=O)C2CCN(c3ccccc3)CC2)s1. The Bertz CT molecular complexity index is 620. The molecule has 1 saturated heterocycles. The average Bonchev–Trinajstić information content (AvgIpc) is 3.03. The Morgan fingerprint density at radius 2 is 2.00 bits per heavy atom. The highest BCUT2D eigenvalue weighted by atomic mass is 32.1. The van der Waals surface area contributed by atoms with E-state index in [-0.39, 0.29) is 11.8 Å². The van der Waals surface area contributed by atoms with E-state index in [1.807, 2.05) is 13.0 Å². The van der Waals surface area contributed by atoms with Crippen LogP contribution in [0, 0.1) is 5.92 Å². The fourth-order valence-corrected chi connectivity index (χ4v) is 3.38. The molecule has 1 aromatic heterocycles. The van der Waals surface area contributed by atoms with E-state index in [1.54, 1.807) is 0 Å². The summed E-state index contributed by atoms with van der Waals surface area (Å²) in [6.07, 6.45) is 2.60. The van der Waals surface area contributed by atoms with Crippen LogP contribution in [0.25, 0.3) is 0 Å². The monoisotopic (exact) mass is 316 g/mol. The highest BCUT2D eigenvalue weighted by Crippen LogP contribution is 2.24. The summed E-state index contributed by atoms with van der Waals surface area (Å²) in [5, 5.41) is 12.5. The van der Waals surface area contributed by atoms with Gasteiger partial charge in [-0.3, -0.25) is 4.79 Å². The van der Waals surface area contributed by atoms with Gasteiger partial charge in [0.1, 0.15) is 5.01 Å². The van der Waals surface area contributed by atoms with Crippen LogP contribution in [0.15, 0.2) is 30.3 Å². The van der Waals surface area contributed by atoms with Gasteiger partial charge < -0.3 is 10.2 Å². The van der Waals surface area contributed by atoms with Crippen molar-refractivity contribution >= 4 is 28.1 Å². The van der Waals surface area contributed by atoms with E-state index in [1.165, 1.54) is 17.0 Å². The molecule has 1 aromatic carbocycles. The van der Waals surface area contributed by atoms with Gasteiger partial charge in [-0.05, 0) is 31.4 Å². The average molecular weight is 316 g/mol. The molecule has 0 saturated carbocycles. The number of rotatable bonds is 4. The molecule has 0 spiro atoms. The van der Waals surface area contributed by atoms with Crippen molar-refractivity contribution in [3.63, 3.8) is 0 Å². The smallest absolute Gasteiger partial charge is 0.229 e. The first-order chi connectivity index (χ1) is 10.8. The molecule has 1 fully saturated rings. The molecule has 0 radical (unpaired) electrons. The Hall–Kier alpha value is -1.95. The second kappa shape index (κ2) is 6.87. The number of piperidine rings is 1. The lowest BCUT2D eigenvalue weighted by Crippen LogP contribution is -2.38. The second-order valence-corrected chi connectivity index (χ2v) is 6.50. The molecule has 2 aromatic rings. The van der Waals surface area contributed by atoms with Crippen LogP contribution in [-0.4, -0.2) is 29.2 Å². The molecule has 2 heterocycles. The third kappa shape index (κ3) is 3.44. The molecule has 0 aliphatic carbocycles. The van der Waals surface area contributed by atoms with Crippen LogP contribution in [0.2, 0.25) is 0 Å². The number of amides is 1. The van der Waals surface area contributed by atoms with Crippen LogP contribution >= 0.6 is 11.3 Å². The minimum atomic E-state index is 0.0638. The maximum atomic E-state index is 12.3. The number of anilines is 2. The summed E-state index contributed by atoms with van der Waals surface area (Å²) < 4.78 is 0. The number of hydrogen-bond donors (Lipinski definition) is 1. The minimum Gasteiger partial charge on any atom is -0.371 e. The first-order valence-corrected chi connectivity index (χ1v) is 8.51. The van der Waals surface area contributed by atoms with E-state index in [9.17, 15) is 4.79 Å². The molecule has 1 aliphatic rings. The van der Waals surface area contributed by atoms with Gasteiger partial charge in [0.25, 0.3) is 0 Å². The number of benzene rings is 1. The van der Waals surface area contributed by atoms with Gasteiger partial charge in [-0.15, -0.1) is 10.2 Å². The maximum Gasteiger partial charge on any atom is 0.229 e. The lowest BCUT2D eigenvalue weighted by Gasteiger charge is -2.32. The molecule has 0 atom stereocenters. The van der Waals surface area contributed by atoms with Crippen molar-refractivity contribution in [3.8, 4) is 0 Å². The van der Waals surface area contributed by atoms with Crippen LogP contribution in [0.3, 0.4) is 0 Å². The number of para-hydroxylation sites is 1. The summed E-state index contributed by atoms with van der Waals surface area (Å²) in [6, 6.07) is 10.4. The van der Waals surface area contributed by atoms with Crippen LogP contribution in [0.5, 0.6) is 0 Å². The van der Waals surface area contributed by atoms with Crippen LogP contribution < -0.4 is 10.2 Å². The van der Waals surface area contributed by atoms with E-state index in [0.717, 1.165) is 37.4 Å². The molecule has 1 amide bonds. The van der Waals surface area contributed by atoms with Crippen LogP contribution in [-0.2, 0) is 11.2 Å². The Morgan fingerprint density at radius 3 is 2.64 bits per heavy atom. The Morgan fingerprint density at radius 1 is 1.27 bits per heavy atom.